The van der Waals surface area contributed by atoms with Crippen LogP contribution in [-0.2, 0) is 20.8 Å². The van der Waals surface area contributed by atoms with Gasteiger partial charge in [0.1, 0.15) is 17.1 Å². The van der Waals surface area contributed by atoms with Crippen molar-refractivity contribution >= 4 is 63.2 Å². The van der Waals surface area contributed by atoms with E-state index in [1.807, 2.05) is 0 Å². The van der Waals surface area contributed by atoms with Crippen LogP contribution in [0, 0.1) is 11.8 Å². The van der Waals surface area contributed by atoms with E-state index in [0.717, 1.165) is 11.8 Å². The number of hydrogen-bond donors (Lipinski definition) is 6. The number of aromatic hydroxyl groups is 1. The summed E-state index contributed by atoms with van der Waals surface area (Å²) in [6.07, 6.45) is 0.0823. The Balaban J connectivity index is 1.63. The van der Waals surface area contributed by atoms with E-state index in [0.29, 0.717) is 21.2 Å². The van der Waals surface area contributed by atoms with Gasteiger partial charge in [-0.05, 0) is 80.5 Å². The third-order valence-corrected chi connectivity index (χ3v) is 9.49. The van der Waals surface area contributed by atoms with Crippen molar-refractivity contribution in [3.05, 3.63) is 63.4 Å². The minimum atomic E-state index is -2.74. The number of carbonyl (C=O) groups excluding carboxylic acids is 4. The smallest absolute Gasteiger partial charge is 0.288 e. The summed E-state index contributed by atoms with van der Waals surface area (Å²) in [5.74, 6) is -7.47. The van der Waals surface area contributed by atoms with Gasteiger partial charge in [-0.15, -0.1) is 0 Å². The zero-order valence-electron chi connectivity index (χ0n) is 24.2. The predicted octanol–water partition coefficient (Wildman–Crippen LogP) is 3.01. The molecule has 12 nitrogen and oxygen atoms in total. The van der Waals surface area contributed by atoms with Gasteiger partial charge in [-0.3, -0.25) is 24.1 Å². The number of halogens is 1. The molecule has 14 heteroatoms. The average molecular weight is 643 g/mol. The van der Waals surface area contributed by atoms with Crippen LogP contribution in [0.2, 0.25) is 5.02 Å². The predicted molar refractivity (Wildman–Crippen MR) is 165 cm³/mol. The molecule has 5 rings (SSSR count). The number of primary amides is 1. The molecule has 0 radical (unpaired) electrons. The molecule has 3 aliphatic carbocycles. The van der Waals surface area contributed by atoms with Gasteiger partial charge in [0.15, 0.2) is 17.1 Å². The Morgan fingerprint density at radius 2 is 1.73 bits per heavy atom. The number of aliphatic hydroxyl groups excluding tert-OH is 2. The summed E-state index contributed by atoms with van der Waals surface area (Å²) in [5.41, 5.74) is 2.31. The van der Waals surface area contributed by atoms with E-state index in [2.05, 4.69) is 5.32 Å². The molecule has 2 amide bonds. The van der Waals surface area contributed by atoms with Crippen LogP contribution in [0.25, 0.3) is 5.76 Å². The Morgan fingerprint density at radius 3 is 2.30 bits per heavy atom. The highest BCUT2D eigenvalue weighted by atomic mass is 35.5. The third kappa shape index (κ3) is 4.80. The lowest BCUT2D eigenvalue weighted by molar-refractivity contribution is -0.153. The number of nitrogens with one attached hydrogen (secondary N) is 1. The van der Waals surface area contributed by atoms with Gasteiger partial charge in [0.2, 0.25) is 5.78 Å². The summed E-state index contributed by atoms with van der Waals surface area (Å²) in [5, 5.41) is 48.3. The number of benzene rings is 2. The number of anilines is 2. The number of aliphatic hydroxyl groups is 3. The molecule has 7 N–H and O–H groups in total. The van der Waals surface area contributed by atoms with Crippen molar-refractivity contribution in [1.82, 2.24) is 4.90 Å². The van der Waals surface area contributed by atoms with E-state index in [1.165, 1.54) is 19.0 Å². The van der Waals surface area contributed by atoms with Crippen molar-refractivity contribution in [2.24, 2.45) is 17.6 Å². The van der Waals surface area contributed by atoms with Crippen LogP contribution in [0.1, 0.15) is 17.5 Å². The zero-order valence-corrected chi connectivity index (χ0v) is 25.8. The van der Waals surface area contributed by atoms with E-state index < -0.39 is 69.0 Å². The number of Topliss-reactive ketones (excluding diaryl/α,β-unsaturated/α-hetero) is 2. The molecule has 3 aliphatic rings. The molecule has 1 fully saturated rings. The first-order valence-corrected chi connectivity index (χ1v) is 14.7. The number of rotatable bonds is 5. The third-order valence-electron chi connectivity index (χ3n) is 8.44. The second kappa shape index (κ2) is 11.1. The lowest BCUT2D eigenvalue weighted by Crippen LogP contribution is -2.65. The van der Waals surface area contributed by atoms with E-state index in [9.17, 15) is 39.6 Å². The van der Waals surface area contributed by atoms with Gasteiger partial charge in [0.25, 0.3) is 11.1 Å². The van der Waals surface area contributed by atoms with Gasteiger partial charge in [-0.25, -0.2) is 0 Å². The van der Waals surface area contributed by atoms with Crippen molar-refractivity contribution in [1.29, 1.82) is 0 Å². The van der Waals surface area contributed by atoms with Crippen LogP contribution in [0.4, 0.5) is 16.2 Å². The maximum atomic E-state index is 14.1. The van der Waals surface area contributed by atoms with Crippen LogP contribution in [0.15, 0.2) is 52.1 Å². The number of phenols is 1. The number of amides is 2. The van der Waals surface area contributed by atoms with Gasteiger partial charge >= 0.3 is 0 Å². The number of thioether (sulfide) groups is 1. The number of likely N-dealkylation sites (N-methyl/N-ethyl adjacent to an activating group) is 1. The molecule has 0 unspecified atom stereocenters. The van der Waals surface area contributed by atoms with E-state index in [4.69, 9.17) is 17.3 Å². The van der Waals surface area contributed by atoms with E-state index >= 15 is 0 Å². The Morgan fingerprint density at radius 1 is 1.09 bits per heavy atom. The van der Waals surface area contributed by atoms with Gasteiger partial charge in [0, 0.05) is 41.2 Å². The number of carbonyl (C=O) groups is 4. The molecule has 2 aromatic rings. The summed E-state index contributed by atoms with van der Waals surface area (Å²) in [7, 11) is 6.54. The number of phenolic OH excluding ortho intramolecular Hbond substituents is 1. The van der Waals surface area contributed by atoms with E-state index in [1.54, 1.807) is 49.3 Å². The van der Waals surface area contributed by atoms with Crippen LogP contribution >= 0.6 is 23.4 Å². The Bertz CT molecular complexity index is 1690. The topological polar surface area (TPSA) is 194 Å². The second-order valence-corrected chi connectivity index (χ2v) is 13.0. The van der Waals surface area contributed by atoms with Crippen molar-refractivity contribution in [3.63, 3.8) is 0 Å². The van der Waals surface area contributed by atoms with Crippen molar-refractivity contribution in [2.75, 3.05) is 38.4 Å². The maximum Gasteiger partial charge on any atom is 0.288 e. The van der Waals surface area contributed by atoms with Gasteiger partial charge in [-0.1, -0.05) is 11.6 Å². The molecule has 232 valence electrons. The molecule has 0 spiro atoms. The molecule has 1 saturated carbocycles. The van der Waals surface area contributed by atoms with Gasteiger partial charge < -0.3 is 36.4 Å². The molecule has 0 saturated heterocycles. The second-order valence-electron chi connectivity index (χ2n) is 11.5. The fourth-order valence-corrected chi connectivity index (χ4v) is 7.30. The summed E-state index contributed by atoms with van der Waals surface area (Å²) < 4.78 is 0. The standard InChI is InChI=1S/C30H31ClN4O8S/c1-34(2)18-11-17(33-29(42)44-14-7-5-13(31)6-8-14)23(36)20-15(18)9-12-10-16-22(35(3)4)25(38)21(28(32)41)27(40)30(16,43)26(39)19(12)24(20)37/h5-8,11-12,16,22,36-37,40,43H,9-10H2,1-4H3,(H2,32,41)(H,33,42)/t12-,16-,22-,30-/m0/s1. The first kappa shape index (κ1) is 31.4. The maximum absolute atomic E-state index is 14.1. The van der Waals surface area contributed by atoms with E-state index in [-0.39, 0.29) is 29.7 Å². The first-order chi connectivity index (χ1) is 20.6. The summed E-state index contributed by atoms with van der Waals surface area (Å²) in [6, 6.07) is 6.93. The monoisotopic (exact) mass is 642 g/mol. The normalized spacial score (nSPS) is 24.6. The number of nitrogens with zero attached hydrogens (tertiary/aromatic N) is 2. The molecule has 0 heterocycles. The van der Waals surface area contributed by atoms with Gasteiger partial charge in [-0.2, -0.15) is 0 Å². The number of ketones is 2. The van der Waals surface area contributed by atoms with Crippen molar-refractivity contribution < 1.29 is 39.6 Å². The highest BCUT2D eigenvalue weighted by molar-refractivity contribution is 8.13. The fraction of sp³-hybridized carbons (Fsp3) is 0.333. The molecule has 0 bridgehead atoms. The molecule has 4 atom stereocenters. The average Bonchev–Trinajstić information content (AvgIpc) is 2.93. The number of fused-ring (bicyclic) bond motifs is 3. The first-order valence-electron chi connectivity index (χ1n) is 13.5. The fourth-order valence-electron chi connectivity index (χ4n) is 6.53. The molecular weight excluding hydrogens is 612 g/mol. The van der Waals surface area contributed by atoms with Crippen molar-refractivity contribution in [3.8, 4) is 5.75 Å². The Labute approximate surface area is 261 Å². The van der Waals surface area contributed by atoms with Crippen LogP contribution in [0.5, 0.6) is 5.75 Å². The summed E-state index contributed by atoms with van der Waals surface area (Å²) in [6.45, 7) is 0. The largest absolute Gasteiger partial charge is 0.508 e. The zero-order chi connectivity index (χ0) is 32.4. The number of nitrogens with two attached hydrogens (primary N) is 1. The number of hydrogen-bond acceptors (Lipinski definition) is 11. The molecule has 0 aromatic heterocycles. The molecular formula is C30H31ClN4O8S. The lowest BCUT2D eigenvalue weighted by atomic mass is 9.57. The minimum Gasteiger partial charge on any atom is -0.508 e. The van der Waals surface area contributed by atoms with Crippen LogP contribution in [0.3, 0.4) is 0 Å². The molecule has 0 aliphatic heterocycles. The lowest BCUT2D eigenvalue weighted by Gasteiger charge is -2.50. The summed E-state index contributed by atoms with van der Waals surface area (Å²) in [4.78, 5) is 56.2. The summed E-state index contributed by atoms with van der Waals surface area (Å²) >= 11 is 6.77. The Kier molecular flexibility index (Phi) is 7.95. The minimum absolute atomic E-state index is 0.0321. The van der Waals surface area contributed by atoms with Crippen LogP contribution < -0.4 is 16.0 Å². The highest BCUT2D eigenvalue weighted by Gasteiger charge is 2.64. The Hall–Kier alpha value is -4.04. The van der Waals surface area contributed by atoms with Crippen molar-refractivity contribution in [2.45, 2.75) is 29.4 Å². The molecule has 44 heavy (non-hydrogen) atoms. The highest BCUT2D eigenvalue weighted by Crippen LogP contribution is 2.54. The quantitative estimate of drug-likeness (QED) is 0.159. The van der Waals surface area contributed by atoms with Crippen LogP contribution in [-0.4, -0.2) is 87.9 Å². The molecule has 2 aromatic carbocycles. The van der Waals surface area contributed by atoms with Gasteiger partial charge in [0.05, 0.1) is 17.3 Å². The SMILES string of the molecule is CN(C)c1cc(NC(=O)Sc2ccc(Cl)cc2)c(O)c2c1C[C@H]1C[C@H]3[C@H](N(C)C)C(=O)C(C(N)=O)=C(O)[C@@]3(O)C(=O)C1=C2O.